The van der Waals surface area contributed by atoms with Gasteiger partial charge in [-0.15, -0.1) is 0 Å². The van der Waals surface area contributed by atoms with Gasteiger partial charge in [0.1, 0.15) is 5.60 Å². The minimum Gasteiger partial charge on any atom is -0.412 e. The van der Waals surface area contributed by atoms with Crippen molar-refractivity contribution in [2.45, 2.75) is 128 Å². The maximum Gasteiger partial charge on any atom is 0.200 e. The number of rotatable bonds is 7. The second kappa shape index (κ2) is 8.76. The highest BCUT2D eigenvalue weighted by Gasteiger charge is 2.60. The lowest BCUT2D eigenvalue weighted by Crippen LogP contribution is -2.63. The highest BCUT2D eigenvalue weighted by Crippen LogP contribution is 2.52. The van der Waals surface area contributed by atoms with Gasteiger partial charge in [0.25, 0.3) is 0 Å². The fourth-order valence-electron chi connectivity index (χ4n) is 7.11. The summed E-state index contributed by atoms with van der Waals surface area (Å²) in [5.41, 5.74) is 1.12. The molecule has 0 radical (unpaired) electrons. The molecule has 3 nitrogen and oxygen atoms in total. The Labute approximate surface area is 180 Å². The van der Waals surface area contributed by atoms with Gasteiger partial charge in [-0.1, -0.05) is 86.8 Å². The molecule has 2 aliphatic heterocycles. The van der Waals surface area contributed by atoms with E-state index in [1.54, 1.807) is 0 Å². The third kappa shape index (κ3) is 3.81. The predicted molar refractivity (Wildman–Crippen MR) is 124 cm³/mol. The number of aliphatic hydroxyl groups excluding tert-OH is 1. The van der Waals surface area contributed by atoms with Crippen molar-refractivity contribution in [1.82, 2.24) is 0 Å². The van der Waals surface area contributed by atoms with Gasteiger partial charge in [-0.05, 0) is 35.4 Å². The largest absolute Gasteiger partial charge is 0.412 e. The van der Waals surface area contributed by atoms with Crippen LogP contribution in [0.2, 0.25) is 16.6 Å². The average Bonchev–Trinajstić information content (AvgIpc) is 3.10. The number of hydrogen-bond donors (Lipinski definition) is 1. The van der Waals surface area contributed by atoms with Crippen LogP contribution in [-0.2, 0) is 9.16 Å². The molecule has 0 aromatic heterocycles. The summed E-state index contributed by atoms with van der Waals surface area (Å²) in [6.07, 6.45) is 10.2. The summed E-state index contributed by atoms with van der Waals surface area (Å²) in [5, 5.41) is 11.6. The highest BCUT2D eigenvalue weighted by atomic mass is 28.4. The molecule has 1 aliphatic carbocycles. The van der Waals surface area contributed by atoms with Crippen LogP contribution in [-0.4, -0.2) is 37.3 Å². The molecule has 2 fully saturated rings. The molecule has 0 unspecified atom stereocenters. The van der Waals surface area contributed by atoms with Crippen LogP contribution >= 0.6 is 0 Å². The van der Waals surface area contributed by atoms with E-state index in [-0.39, 0.29) is 18.1 Å². The molecule has 1 saturated carbocycles. The first-order valence-electron chi connectivity index (χ1n) is 12.3. The molecule has 1 saturated heterocycles. The van der Waals surface area contributed by atoms with Crippen LogP contribution in [0.5, 0.6) is 0 Å². The molecular formula is C25H46O3Si. The molecule has 4 heteroatoms. The SMILES string of the molecule is CC(C)[Si](O[C@@H]1[C@H](C)[C@H]2C=C[C@@]([C@@H](O)C3CCCCC3)(O2)[C@@H]1C)(C(C)C)C(C)C. The number of aliphatic hydroxyl groups is 1. The Kier molecular flexibility index (Phi) is 7.10. The third-order valence-corrected chi connectivity index (χ3v) is 14.8. The molecule has 3 rings (SSSR count). The summed E-state index contributed by atoms with van der Waals surface area (Å²) < 4.78 is 14.0. The number of hydrogen-bond acceptors (Lipinski definition) is 3. The highest BCUT2D eigenvalue weighted by molar-refractivity contribution is 6.77. The molecule has 3 aliphatic rings. The molecule has 0 amide bonds. The van der Waals surface area contributed by atoms with Crippen molar-refractivity contribution in [2.24, 2.45) is 17.8 Å². The van der Waals surface area contributed by atoms with Crippen LogP contribution in [0.3, 0.4) is 0 Å². The van der Waals surface area contributed by atoms with Gasteiger partial charge >= 0.3 is 0 Å². The molecular weight excluding hydrogens is 376 g/mol. The van der Waals surface area contributed by atoms with E-state index in [2.05, 4.69) is 67.5 Å². The van der Waals surface area contributed by atoms with Gasteiger partial charge in [0.15, 0.2) is 0 Å². The van der Waals surface area contributed by atoms with Crippen molar-refractivity contribution in [3.8, 4) is 0 Å². The molecule has 0 spiro atoms. The maximum atomic E-state index is 11.6. The summed E-state index contributed by atoms with van der Waals surface area (Å²) in [5.74, 6) is 0.831. The van der Waals surface area contributed by atoms with Gasteiger partial charge < -0.3 is 14.3 Å². The van der Waals surface area contributed by atoms with Gasteiger partial charge in [-0.3, -0.25) is 0 Å². The lowest BCUT2D eigenvalue weighted by atomic mass is 9.70. The van der Waals surface area contributed by atoms with Crippen molar-refractivity contribution >= 4 is 8.32 Å². The van der Waals surface area contributed by atoms with Crippen molar-refractivity contribution < 1.29 is 14.3 Å². The Morgan fingerprint density at radius 3 is 2.03 bits per heavy atom. The van der Waals surface area contributed by atoms with Gasteiger partial charge in [0, 0.05) is 11.8 Å². The fraction of sp³-hybridized carbons (Fsp3) is 0.920. The minimum atomic E-state index is -2.00. The first kappa shape index (κ1) is 23.5. The van der Waals surface area contributed by atoms with E-state index in [0.717, 1.165) is 12.8 Å². The van der Waals surface area contributed by atoms with E-state index < -0.39 is 20.0 Å². The molecule has 2 bridgehead atoms. The van der Waals surface area contributed by atoms with Crippen LogP contribution in [0, 0.1) is 17.8 Å². The first-order chi connectivity index (χ1) is 13.6. The van der Waals surface area contributed by atoms with E-state index in [1.807, 2.05) is 0 Å². The van der Waals surface area contributed by atoms with Crippen LogP contribution in [0.15, 0.2) is 12.2 Å². The second-order valence-corrected chi connectivity index (χ2v) is 16.6. The zero-order chi connectivity index (χ0) is 21.6. The average molecular weight is 423 g/mol. The molecule has 6 atom stereocenters. The van der Waals surface area contributed by atoms with Crippen LogP contribution < -0.4 is 0 Å². The predicted octanol–water partition coefficient (Wildman–Crippen LogP) is 6.47. The molecule has 0 aromatic rings. The summed E-state index contributed by atoms with van der Waals surface area (Å²) >= 11 is 0. The summed E-state index contributed by atoms with van der Waals surface area (Å²) in [6.45, 7) is 18.7. The Bertz CT molecular complexity index is 559. The first-order valence-corrected chi connectivity index (χ1v) is 14.4. The Morgan fingerprint density at radius 1 is 0.966 bits per heavy atom. The molecule has 168 valence electrons. The zero-order valence-electron chi connectivity index (χ0n) is 20.2. The Hall–Kier alpha value is -0.163. The van der Waals surface area contributed by atoms with Crippen molar-refractivity contribution in [2.75, 3.05) is 0 Å². The van der Waals surface area contributed by atoms with E-state index >= 15 is 0 Å². The van der Waals surface area contributed by atoms with Crippen molar-refractivity contribution in [1.29, 1.82) is 0 Å². The fourth-order valence-corrected chi connectivity index (χ4v) is 12.8. The van der Waals surface area contributed by atoms with Gasteiger partial charge in [-0.25, -0.2) is 0 Å². The van der Waals surface area contributed by atoms with Gasteiger partial charge in [0.2, 0.25) is 8.32 Å². The minimum absolute atomic E-state index is 0.0626. The summed E-state index contributed by atoms with van der Waals surface area (Å²) in [7, 11) is -2.00. The van der Waals surface area contributed by atoms with Gasteiger partial charge in [-0.2, -0.15) is 0 Å². The van der Waals surface area contributed by atoms with Crippen molar-refractivity contribution in [3.63, 3.8) is 0 Å². The third-order valence-electron chi connectivity index (χ3n) is 8.73. The topological polar surface area (TPSA) is 38.7 Å². The molecule has 0 aromatic carbocycles. The molecule has 29 heavy (non-hydrogen) atoms. The Morgan fingerprint density at radius 2 is 1.52 bits per heavy atom. The Balaban J connectivity index is 1.92. The monoisotopic (exact) mass is 422 g/mol. The lowest BCUT2D eigenvalue weighted by molar-refractivity contribution is -0.217. The molecule has 1 N–H and O–H groups in total. The second-order valence-electron chi connectivity index (χ2n) is 11.2. The summed E-state index contributed by atoms with van der Waals surface area (Å²) in [6, 6.07) is 0. The standard InChI is InChI=1S/C25H46O3Si/c1-16(2)29(17(3)4,18(5)6)28-23-19(7)22-14-15-25(27-22,20(23)8)24(26)21-12-10-9-11-13-21/h14-24,26H,9-13H2,1-8H3/t19-,20-,22-,23-,24+,25-/m1/s1. The van der Waals surface area contributed by atoms with E-state index in [9.17, 15) is 5.11 Å². The van der Waals surface area contributed by atoms with Crippen LogP contribution in [0.25, 0.3) is 0 Å². The van der Waals surface area contributed by atoms with E-state index in [0.29, 0.717) is 28.5 Å². The normalized spacial score (nSPS) is 37.1. The lowest BCUT2D eigenvalue weighted by Gasteiger charge is -2.54. The quantitative estimate of drug-likeness (QED) is 0.377. The molecule has 2 heterocycles. The van der Waals surface area contributed by atoms with Crippen molar-refractivity contribution in [3.05, 3.63) is 12.2 Å². The number of fused-ring (bicyclic) bond motifs is 2. The van der Waals surface area contributed by atoms with E-state index in [1.165, 1.54) is 19.3 Å². The van der Waals surface area contributed by atoms with E-state index in [4.69, 9.17) is 9.16 Å². The smallest absolute Gasteiger partial charge is 0.200 e. The van der Waals surface area contributed by atoms with Crippen LogP contribution in [0.4, 0.5) is 0 Å². The zero-order valence-corrected chi connectivity index (χ0v) is 21.2. The van der Waals surface area contributed by atoms with Crippen LogP contribution in [0.1, 0.15) is 87.5 Å². The van der Waals surface area contributed by atoms with Gasteiger partial charge in [0.05, 0.1) is 18.3 Å². The number of ether oxygens (including phenoxy) is 1. The summed E-state index contributed by atoms with van der Waals surface area (Å²) in [4.78, 5) is 0. The maximum absolute atomic E-state index is 11.6.